The molecule has 226 valence electrons. The van der Waals surface area contributed by atoms with Gasteiger partial charge in [-0.2, -0.15) is 5.26 Å². The molecule has 1 atom stereocenters. The third-order valence-corrected chi connectivity index (χ3v) is 9.03. The van der Waals surface area contributed by atoms with Gasteiger partial charge in [0.25, 0.3) is 5.56 Å². The van der Waals surface area contributed by atoms with Crippen LogP contribution in [0.2, 0.25) is 5.02 Å². The number of anilines is 1. The molecule has 1 aliphatic heterocycles. The monoisotopic (exact) mass is 616 g/mol. The van der Waals surface area contributed by atoms with Crippen molar-refractivity contribution in [3.05, 3.63) is 57.3 Å². The highest BCUT2D eigenvalue weighted by Gasteiger charge is 2.40. The summed E-state index contributed by atoms with van der Waals surface area (Å²) in [5, 5.41) is 21.6. The molecule has 0 radical (unpaired) electrons. The van der Waals surface area contributed by atoms with Crippen molar-refractivity contribution in [1.29, 1.82) is 5.26 Å². The first-order valence-electron chi connectivity index (χ1n) is 14.2. The van der Waals surface area contributed by atoms with E-state index in [2.05, 4.69) is 15.0 Å². The molecule has 1 aromatic heterocycles. The third-order valence-electron chi connectivity index (χ3n) is 7.78. The SMILES string of the molecule is CC(C)O.CCN(C)SNc1ccc(F)c(Oc2ccc3ncn(C4CCC5(CCNCC5)C4)c(=O)c3c2Cl)c1C#N. The maximum absolute atomic E-state index is 14.9. The summed E-state index contributed by atoms with van der Waals surface area (Å²) >= 11 is 7.99. The summed E-state index contributed by atoms with van der Waals surface area (Å²) in [5.41, 5.74) is 0.877. The number of fused-ring (bicyclic) bond motifs is 1. The zero-order valence-electron chi connectivity index (χ0n) is 24.4. The Bertz CT molecular complexity index is 1500. The number of halogens is 2. The van der Waals surface area contributed by atoms with Crippen LogP contribution in [0.1, 0.15) is 64.5 Å². The minimum absolute atomic E-state index is 0.00000956. The summed E-state index contributed by atoms with van der Waals surface area (Å²) in [6.45, 7) is 8.22. The van der Waals surface area contributed by atoms with Crippen LogP contribution in [0.3, 0.4) is 0 Å². The van der Waals surface area contributed by atoms with E-state index < -0.39 is 5.82 Å². The largest absolute Gasteiger partial charge is 0.451 e. The van der Waals surface area contributed by atoms with Crippen LogP contribution in [0.5, 0.6) is 11.5 Å². The lowest BCUT2D eigenvalue weighted by Gasteiger charge is -2.34. The fourth-order valence-electron chi connectivity index (χ4n) is 5.48. The number of hydrogen-bond donors (Lipinski definition) is 3. The Morgan fingerprint density at radius 3 is 2.71 bits per heavy atom. The molecule has 2 aromatic carbocycles. The van der Waals surface area contributed by atoms with Crippen LogP contribution < -0.4 is 20.3 Å². The van der Waals surface area contributed by atoms with Gasteiger partial charge in [-0.3, -0.25) is 9.36 Å². The molecule has 2 fully saturated rings. The molecule has 2 aliphatic rings. The van der Waals surface area contributed by atoms with E-state index in [1.54, 1.807) is 36.9 Å². The number of nitrogens with one attached hydrogen (secondary N) is 2. The Morgan fingerprint density at radius 2 is 2.05 bits per heavy atom. The predicted octanol–water partition coefficient (Wildman–Crippen LogP) is 6.26. The summed E-state index contributed by atoms with van der Waals surface area (Å²) in [6, 6.07) is 7.97. The van der Waals surface area contributed by atoms with Crippen LogP contribution in [0.15, 0.2) is 35.4 Å². The smallest absolute Gasteiger partial charge is 0.263 e. The number of hydrogen-bond acceptors (Lipinski definition) is 9. The van der Waals surface area contributed by atoms with E-state index in [-0.39, 0.29) is 50.6 Å². The van der Waals surface area contributed by atoms with Crippen molar-refractivity contribution in [3.8, 4) is 17.6 Å². The fraction of sp³-hybridized carbons (Fsp3) is 0.500. The Balaban J connectivity index is 0.000000952. The first-order valence-corrected chi connectivity index (χ1v) is 15.4. The number of aliphatic hydroxyl groups is 1. The molecule has 3 N–H and O–H groups in total. The van der Waals surface area contributed by atoms with Gasteiger partial charge in [-0.15, -0.1) is 0 Å². The molecular weight excluding hydrogens is 579 g/mol. The highest BCUT2D eigenvalue weighted by molar-refractivity contribution is 7.98. The standard InChI is InChI=1S/C27H30ClFN6O2S.C3H8O/c1-3-34(2)38-33-20-5-4-19(29)25(18(20)15-30)37-22-7-6-21-23(24(22)28)26(36)35(16-32-21)17-8-9-27(14-17)10-12-31-13-11-27;1-3(2)4/h4-7,16-17,31,33H,3,8-14H2,1-2H3;3-4H,1-2H3. The summed E-state index contributed by atoms with van der Waals surface area (Å²) in [6.07, 6.45) is 6.63. The lowest BCUT2D eigenvalue weighted by atomic mass is 9.77. The summed E-state index contributed by atoms with van der Waals surface area (Å²) in [5.74, 6) is -0.881. The molecule has 2 heterocycles. The lowest BCUT2D eigenvalue weighted by Crippen LogP contribution is -2.35. The molecular formula is C30H38ClFN6O3S. The van der Waals surface area contributed by atoms with E-state index in [0.717, 1.165) is 51.7 Å². The van der Waals surface area contributed by atoms with Gasteiger partial charge in [0.1, 0.15) is 17.4 Å². The summed E-state index contributed by atoms with van der Waals surface area (Å²) in [4.78, 5) is 18.2. The average Bonchev–Trinajstić information content (AvgIpc) is 3.36. The zero-order chi connectivity index (χ0) is 30.4. The second-order valence-corrected chi connectivity index (χ2v) is 12.5. The quantitative estimate of drug-likeness (QED) is 0.264. The van der Waals surface area contributed by atoms with Gasteiger partial charge in [0, 0.05) is 30.8 Å². The molecule has 1 unspecified atom stereocenters. The van der Waals surface area contributed by atoms with E-state index in [0.29, 0.717) is 11.2 Å². The average molecular weight is 617 g/mol. The highest BCUT2D eigenvalue weighted by atomic mass is 35.5. The fourth-order valence-corrected chi connectivity index (χ4v) is 6.32. The number of aliphatic hydroxyl groups excluding tert-OH is 1. The molecule has 0 amide bonds. The molecule has 1 saturated carbocycles. The van der Waals surface area contributed by atoms with Gasteiger partial charge in [0.05, 0.1) is 27.9 Å². The Hall–Kier alpha value is -2.88. The van der Waals surface area contributed by atoms with Crippen LogP contribution >= 0.6 is 23.7 Å². The van der Waals surface area contributed by atoms with Gasteiger partial charge < -0.3 is 19.9 Å². The van der Waals surface area contributed by atoms with Crippen LogP contribution in [0.4, 0.5) is 10.1 Å². The second-order valence-electron chi connectivity index (χ2n) is 11.1. The first-order chi connectivity index (χ1) is 20.1. The van der Waals surface area contributed by atoms with Gasteiger partial charge >= 0.3 is 0 Å². The van der Waals surface area contributed by atoms with Crippen molar-refractivity contribution >= 4 is 40.3 Å². The van der Waals surface area contributed by atoms with Crippen molar-refractivity contribution in [3.63, 3.8) is 0 Å². The van der Waals surface area contributed by atoms with Gasteiger partial charge in [0.15, 0.2) is 11.6 Å². The molecule has 1 saturated heterocycles. The van der Waals surface area contributed by atoms with Gasteiger partial charge in [0.2, 0.25) is 0 Å². The van der Waals surface area contributed by atoms with Crippen molar-refractivity contribution in [2.75, 3.05) is 31.4 Å². The Kier molecular flexibility index (Phi) is 10.7. The Morgan fingerprint density at radius 1 is 1.33 bits per heavy atom. The molecule has 3 aromatic rings. The third kappa shape index (κ3) is 7.18. The number of ether oxygens (including phenoxy) is 1. The van der Waals surface area contributed by atoms with Crippen molar-refractivity contribution in [2.24, 2.45) is 5.41 Å². The van der Waals surface area contributed by atoms with E-state index in [4.69, 9.17) is 21.4 Å². The van der Waals surface area contributed by atoms with Crippen LogP contribution in [-0.4, -0.2) is 51.7 Å². The lowest BCUT2D eigenvalue weighted by molar-refractivity contribution is 0.201. The van der Waals surface area contributed by atoms with Gasteiger partial charge in [-0.25, -0.2) is 13.7 Å². The number of benzene rings is 2. The van der Waals surface area contributed by atoms with Gasteiger partial charge in [-0.05, 0) is 95.8 Å². The Labute approximate surface area is 255 Å². The normalized spacial score (nSPS) is 17.8. The van der Waals surface area contributed by atoms with E-state index >= 15 is 0 Å². The zero-order valence-corrected chi connectivity index (χ0v) is 26.0. The number of piperidine rings is 1. The maximum Gasteiger partial charge on any atom is 0.263 e. The molecule has 42 heavy (non-hydrogen) atoms. The molecule has 9 nitrogen and oxygen atoms in total. The number of nitrogens with zero attached hydrogens (tertiary/aromatic N) is 4. The molecule has 12 heteroatoms. The highest BCUT2D eigenvalue weighted by Crippen LogP contribution is 2.49. The van der Waals surface area contributed by atoms with Crippen molar-refractivity contribution in [2.45, 2.75) is 65.0 Å². The van der Waals surface area contributed by atoms with Crippen LogP contribution in [0.25, 0.3) is 10.9 Å². The maximum atomic E-state index is 14.9. The topological polar surface area (TPSA) is 115 Å². The second kappa shape index (κ2) is 14.1. The summed E-state index contributed by atoms with van der Waals surface area (Å²) in [7, 11) is 1.89. The molecule has 1 spiro atoms. The van der Waals surface area contributed by atoms with Crippen LogP contribution in [-0.2, 0) is 0 Å². The molecule has 0 bridgehead atoms. The van der Waals surface area contributed by atoms with E-state index in [1.807, 2.05) is 24.3 Å². The van der Waals surface area contributed by atoms with Crippen molar-refractivity contribution < 1.29 is 14.2 Å². The van der Waals surface area contributed by atoms with Crippen LogP contribution in [0, 0.1) is 22.6 Å². The molecule has 5 rings (SSSR count). The van der Waals surface area contributed by atoms with E-state index in [1.165, 1.54) is 24.3 Å². The number of nitriles is 1. The predicted molar refractivity (Wildman–Crippen MR) is 166 cm³/mol. The van der Waals surface area contributed by atoms with E-state index in [9.17, 15) is 14.4 Å². The first kappa shape index (κ1) is 32.0. The molecule has 1 aliphatic carbocycles. The van der Waals surface area contributed by atoms with Gasteiger partial charge in [-0.1, -0.05) is 18.5 Å². The number of rotatable bonds is 7. The minimum atomic E-state index is -0.709. The number of aromatic nitrogens is 2. The minimum Gasteiger partial charge on any atom is -0.451 e. The summed E-state index contributed by atoms with van der Waals surface area (Å²) < 4.78 is 27.4. The van der Waals surface area contributed by atoms with Crippen molar-refractivity contribution in [1.82, 2.24) is 19.2 Å².